The Bertz CT molecular complexity index is 440. The molecule has 1 heterocycles. The number of benzene rings is 1. The predicted octanol–water partition coefficient (Wildman–Crippen LogP) is 1.35. The number of rotatable bonds is 5. The summed E-state index contributed by atoms with van der Waals surface area (Å²) in [7, 11) is 1.60. The molecular weight excluding hydrogens is 314 g/mol. The van der Waals surface area contributed by atoms with Crippen LogP contribution >= 0.6 is 15.9 Å². The summed E-state index contributed by atoms with van der Waals surface area (Å²) in [6.07, 6.45) is -0.631. The Morgan fingerprint density at radius 2 is 2.26 bits per heavy atom. The second kappa shape index (κ2) is 6.77. The van der Waals surface area contributed by atoms with E-state index in [0.717, 1.165) is 0 Å². The first-order chi connectivity index (χ1) is 9.24. The number of fused-ring (bicyclic) bond motifs is 1. The van der Waals surface area contributed by atoms with Crippen LogP contribution in [0.4, 0.5) is 0 Å². The van der Waals surface area contributed by atoms with Crippen molar-refractivity contribution in [3.63, 3.8) is 0 Å². The third-order valence-electron chi connectivity index (χ3n) is 2.70. The van der Waals surface area contributed by atoms with Gasteiger partial charge in [-0.25, -0.2) is 0 Å². The number of amides is 1. The number of ether oxygens (including phenoxy) is 3. The molecule has 0 fully saturated rings. The van der Waals surface area contributed by atoms with Gasteiger partial charge >= 0.3 is 0 Å². The van der Waals surface area contributed by atoms with Gasteiger partial charge in [0, 0.05) is 12.4 Å². The van der Waals surface area contributed by atoms with Crippen molar-refractivity contribution in [2.75, 3.05) is 25.7 Å². The highest BCUT2D eigenvalue weighted by Gasteiger charge is 2.28. The number of alkyl halides is 1. The molecule has 104 valence electrons. The first-order valence-electron chi connectivity index (χ1n) is 5.98. The second-order valence-corrected chi connectivity index (χ2v) is 4.83. The first kappa shape index (κ1) is 14.1. The third kappa shape index (κ3) is 3.61. The number of methoxy groups -OCH3 is 1. The molecular formula is C13H16BrNO4. The molecule has 1 aromatic rings. The summed E-state index contributed by atoms with van der Waals surface area (Å²) in [5, 5.41) is 3.47. The molecule has 2 atom stereocenters. The molecule has 0 radical (unpaired) electrons. The van der Waals surface area contributed by atoms with E-state index in [-0.39, 0.29) is 18.6 Å². The normalized spacial score (nSPS) is 18.7. The average molecular weight is 330 g/mol. The molecule has 1 aliphatic rings. The van der Waals surface area contributed by atoms with Crippen LogP contribution in [0.1, 0.15) is 0 Å². The van der Waals surface area contributed by atoms with Crippen molar-refractivity contribution in [3.05, 3.63) is 24.3 Å². The van der Waals surface area contributed by atoms with Crippen molar-refractivity contribution in [1.82, 2.24) is 5.32 Å². The molecule has 0 bridgehead atoms. The van der Waals surface area contributed by atoms with Gasteiger partial charge in [0.1, 0.15) is 6.61 Å². The molecule has 19 heavy (non-hydrogen) atoms. The highest BCUT2D eigenvalue weighted by molar-refractivity contribution is 9.09. The van der Waals surface area contributed by atoms with Gasteiger partial charge in [-0.2, -0.15) is 0 Å². The monoisotopic (exact) mass is 329 g/mol. The third-order valence-corrected chi connectivity index (χ3v) is 3.48. The second-order valence-electron chi connectivity index (χ2n) is 4.18. The van der Waals surface area contributed by atoms with Gasteiger partial charge in [-0.05, 0) is 12.1 Å². The summed E-state index contributed by atoms with van der Waals surface area (Å²) in [5.74, 6) is 1.06. The Hall–Kier alpha value is -1.27. The van der Waals surface area contributed by atoms with Crippen LogP contribution in [0.2, 0.25) is 0 Å². The molecule has 0 spiro atoms. The van der Waals surface area contributed by atoms with Gasteiger partial charge in [0.2, 0.25) is 6.10 Å². The van der Waals surface area contributed by atoms with Crippen LogP contribution in [0.15, 0.2) is 24.3 Å². The number of nitrogens with one attached hydrogen (secondary N) is 1. The topological polar surface area (TPSA) is 56.8 Å². The van der Waals surface area contributed by atoms with E-state index in [1.807, 2.05) is 18.2 Å². The van der Waals surface area contributed by atoms with Crippen LogP contribution in [0.3, 0.4) is 0 Å². The first-order valence-corrected chi connectivity index (χ1v) is 7.10. The number of hydrogen-bond acceptors (Lipinski definition) is 4. The van der Waals surface area contributed by atoms with E-state index in [0.29, 0.717) is 23.4 Å². The van der Waals surface area contributed by atoms with E-state index in [2.05, 4.69) is 21.2 Å². The van der Waals surface area contributed by atoms with Crippen molar-refractivity contribution >= 4 is 21.8 Å². The van der Waals surface area contributed by atoms with Gasteiger partial charge in [0.15, 0.2) is 11.5 Å². The lowest BCUT2D eigenvalue weighted by Crippen LogP contribution is -2.49. The number of halogens is 1. The highest BCUT2D eigenvalue weighted by Crippen LogP contribution is 2.30. The van der Waals surface area contributed by atoms with Crippen LogP contribution in [0.25, 0.3) is 0 Å². The Kier molecular flexibility index (Phi) is 5.04. The van der Waals surface area contributed by atoms with Crippen molar-refractivity contribution in [2.24, 2.45) is 0 Å². The van der Waals surface area contributed by atoms with Crippen LogP contribution in [-0.2, 0) is 9.53 Å². The lowest BCUT2D eigenvalue weighted by Gasteiger charge is -2.27. The van der Waals surface area contributed by atoms with Gasteiger partial charge in [-0.3, -0.25) is 4.79 Å². The summed E-state index contributed by atoms with van der Waals surface area (Å²) >= 11 is 3.33. The van der Waals surface area contributed by atoms with Crippen molar-refractivity contribution in [2.45, 2.75) is 12.1 Å². The molecule has 1 aromatic carbocycles. The SMILES string of the molecule is COCC(CBr)NC(=O)C1COc2ccccc2O1. The van der Waals surface area contributed by atoms with Gasteiger partial charge in [-0.1, -0.05) is 28.1 Å². The fraction of sp³-hybridized carbons (Fsp3) is 0.462. The number of hydrogen-bond donors (Lipinski definition) is 1. The molecule has 0 saturated carbocycles. The predicted molar refractivity (Wildman–Crippen MR) is 74.0 cm³/mol. The fourth-order valence-electron chi connectivity index (χ4n) is 1.77. The molecule has 1 aliphatic heterocycles. The quantitative estimate of drug-likeness (QED) is 0.828. The van der Waals surface area contributed by atoms with E-state index in [1.54, 1.807) is 13.2 Å². The Labute approximate surface area is 120 Å². The number of para-hydroxylation sites is 2. The summed E-state index contributed by atoms with van der Waals surface area (Å²) in [6.45, 7) is 0.659. The summed E-state index contributed by atoms with van der Waals surface area (Å²) in [6, 6.07) is 7.22. The van der Waals surface area contributed by atoms with Gasteiger partial charge in [0.25, 0.3) is 5.91 Å². The minimum atomic E-state index is -0.631. The maximum atomic E-state index is 12.1. The molecule has 1 N–H and O–H groups in total. The minimum Gasteiger partial charge on any atom is -0.485 e. The average Bonchev–Trinajstić information content (AvgIpc) is 2.46. The molecule has 2 rings (SSSR count). The van der Waals surface area contributed by atoms with E-state index in [4.69, 9.17) is 14.2 Å². The Morgan fingerprint density at radius 3 is 2.95 bits per heavy atom. The van der Waals surface area contributed by atoms with Crippen molar-refractivity contribution < 1.29 is 19.0 Å². The van der Waals surface area contributed by atoms with E-state index < -0.39 is 6.10 Å². The number of carbonyl (C=O) groups is 1. The minimum absolute atomic E-state index is 0.0849. The lowest BCUT2D eigenvalue weighted by molar-refractivity contribution is -0.131. The molecule has 2 unspecified atom stereocenters. The smallest absolute Gasteiger partial charge is 0.265 e. The lowest BCUT2D eigenvalue weighted by atomic mass is 10.2. The maximum Gasteiger partial charge on any atom is 0.265 e. The fourth-order valence-corrected chi connectivity index (χ4v) is 2.12. The van der Waals surface area contributed by atoms with Crippen LogP contribution in [-0.4, -0.2) is 43.7 Å². The standard InChI is InChI=1S/C13H16BrNO4/c1-17-7-9(6-14)15-13(16)12-8-18-10-4-2-3-5-11(10)19-12/h2-5,9,12H,6-8H2,1H3,(H,15,16). The van der Waals surface area contributed by atoms with Crippen LogP contribution in [0, 0.1) is 0 Å². The van der Waals surface area contributed by atoms with E-state index in [9.17, 15) is 4.79 Å². The zero-order valence-corrected chi connectivity index (χ0v) is 12.2. The molecule has 5 nitrogen and oxygen atoms in total. The van der Waals surface area contributed by atoms with Gasteiger partial charge < -0.3 is 19.5 Å². The number of carbonyl (C=O) groups excluding carboxylic acids is 1. The zero-order chi connectivity index (χ0) is 13.7. The largest absolute Gasteiger partial charge is 0.485 e. The summed E-state index contributed by atoms with van der Waals surface area (Å²) in [5.41, 5.74) is 0. The summed E-state index contributed by atoms with van der Waals surface area (Å²) in [4.78, 5) is 12.1. The molecule has 0 saturated heterocycles. The molecule has 0 aromatic heterocycles. The maximum absolute atomic E-state index is 12.1. The van der Waals surface area contributed by atoms with Gasteiger partial charge in [-0.15, -0.1) is 0 Å². The van der Waals surface area contributed by atoms with Crippen molar-refractivity contribution in [1.29, 1.82) is 0 Å². The molecule has 6 heteroatoms. The van der Waals surface area contributed by atoms with Crippen LogP contribution < -0.4 is 14.8 Å². The van der Waals surface area contributed by atoms with Crippen LogP contribution in [0.5, 0.6) is 11.5 Å². The van der Waals surface area contributed by atoms with Gasteiger partial charge in [0.05, 0.1) is 12.6 Å². The van der Waals surface area contributed by atoms with E-state index >= 15 is 0 Å². The van der Waals surface area contributed by atoms with Crippen molar-refractivity contribution in [3.8, 4) is 11.5 Å². The summed E-state index contributed by atoms with van der Waals surface area (Å²) < 4.78 is 16.2. The highest BCUT2D eigenvalue weighted by atomic mass is 79.9. The molecule has 1 amide bonds. The zero-order valence-electron chi connectivity index (χ0n) is 10.6. The molecule has 0 aliphatic carbocycles. The Balaban J connectivity index is 1.95. The Morgan fingerprint density at radius 1 is 1.53 bits per heavy atom. The van der Waals surface area contributed by atoms with E-state index in [1.165, 1.54) is 0 Å².